The molecule has 15 heavy (non-hydrogen) atoms. The van der Waals surface area contributed by atoms with E-state index in [4.69, 9.17) is 15.7 Å². The van der Waals surface area contributed by atoms with E-state index in [9.17, 15) is 0 Å². The second kappa shape index (κ2) is 5.83. The summed E-state index contributed by atoms with van der Waals surface area (Å²) in [6.45, 7) is 1.41. The van der Waals surface area contributed by atoms with Crippen LogP contribution in [0.5, 0.6) is 0 Å². The summed E-state index contributed by atoms with van der Waals surface area (Å²) >= 11 is 0. The average Bonchev–Trinajstić information content (AvgIpc) is 2.26. The number of aromatic nitrogens is 1. The number of hydrogen-bond acceptors (Lipinski definition) is 5. The molecule has 0 aliphatic rings. The monoisotopic (exact) mass is 206 g/mol. The Bertz CT molecular complexity index is 359. The van der Waals surface area contributed by atoms with E-state index < -0.39 is 0 Å². The van der Waals surface area contributed by atoms with Crippen molar-refractivity contribution in [3.8, 4) is 6.07 Å². The second-order valence-electron chi connectivity index (χ2n) is 3.05. The molecule has 1 rings (SSSR count). The molecule has 1 heterocycles. The van der Waals surface area contributed by atoms with Gasteiger partial charge in [0, 0.05) is 20.3 Å². The average molecular weight is 206 g/mol. The van der Waals surface area contributed by atoms with E-state index in [1.54, 1.807) is 13.2 Å². The molecule has 80 valence electrons. The number of nitriles is 1. The highest BCUT2D eigenvalue weighted by Gasteiger charge is 2.02. The minimum absolute atomic E-state index is 0.465. The highest BCUT2D eigenvalue weighted by atomic mass is 16.5. The lowest BCUT2D eigenvalue weighted by atomic mass is 10.2. The van der Waals surface area contributed by atoms with E-state index in [-0.39, 0.29) is 0 Å². The van der Waals surface area contributed by atoms with E-state index in [0.29, 0.717) is 23.7 Å². The van der Waals surface area contributed by atoms with Gasteiger partial charge in [-0.05, 0) is 12.5 Å². The fraction of sp³-hybridized carbons (Fsp3) is 0.400. The van der Waals surface area contributed by atoms with Crippen molar-refractivity contribution in [1.29, 1.82) is 5.26 Å². The highest BCUT2D eigenvalue weighted by molar-refractivity contribution is 5.57. The minimum Gasteiger partial charge on any atom is -0.397 e. The molecule has 0 spiro atoms. The van der Waals surface area contributed by atoms with Gasteiger partial charge < -0.3 is 15.8 Å². The first kappa shape index (κ1) is 11.3. The first-order valence-corrected chi connectivity index (χ1v) is 4.66. The molecule has 0 amide bonds. The summed E-state index contributed by atoms with van der Waals surface area (Å²) in [5, 5.41) is 11.9. The lowest BCUT2D eigenvalue weighted by Crippen LogP contribution is -2.07. The van der Waals surface area contributed by atoms with Crippen LogP contribution in [0.25, 0.3) is 0 Å². The van der Waals surface area contributed by atoms with Crippen LogP contribution in [-0.4, -0.2) is 25.2 Å². The Hall–Kier alpha value is -1.80. The van der Waals surface area contributed by atoms with Gasteiger partial charge >= 0.3 is 0 Å². The Morgan fingerprint density at radius 3 is 3.13 bits per heavy atom. The van der Waals surface area contributed by atoms with Gasteiger partial charge in [0.1, 0.15) is 11.9 Å². The first-order chi connectivity index (χ1) is 7.27. The number of anilines is 2. The highest BCUT2D eigenvalue weighted by Crippen LogP contribution is 2.13. The summed E-state index contributed by atoms with van der Waals surface area (Å²) in [5.74, 6) is 0.572. The molecule has 0 unspecified atom stereocenters. The maximum atomic E-state index is 8.84. The van der Waals surface area contributed by atoms with Gasteiger partial charge in [-0.25, -0.2) is 4.98 Å². The van der Waals surface area contributed by atoms with Gasteiger partial charge in [0.25, 0.3) is 0 Å². The van der Waals surface area contributed by atoms with E-state index in [2.05, 4.69) is 10.3 Å². The summed E-state index contributed by atoms with van der Waals surface area (Å²) in [6.07, 6.45) is 2.40. The van der Waals surface area contributed by atoms with Crippen LogP contribution in [-0.2, 0) is 4.74 Å². The smallest absolute Gasteiger partial charge is 0.144 e. The van der Waals surface area contributed by atoms with Crippen molar-refractivity contribution in [3.63, 3.8) is 0 Å². The molecule has 0 aliphatic heterocycles. The van der Waals surface area contributed by atoms with Crippen LogP contribution in [0.3, 0.4) is 0 Å². The molecule has 0 aromatic carbocycles. The summed E-state index contributed by atoms with van der Waals surface area (Å²) in [5.41, 5.74) is 6.48. The van der Waals surface area contributed by atoms with Gasteiger partial charge in [0.15, 0.2) is 0 Å². The zero-order valence-electron chi connectivity index (χ0n) is 8.66. The SMILES string of the molecule is COCCCNc1ncc(N)cc1C#N. The van der Waals surface area contributed by atoms with Crippen LogP contribution >= 0.6 is 0 Å². The van der Waals surface area contributed by atoms with E-state index in [1.807, 2.05) is 6.07 Å². The van der Waals surface area contributed by atoms with Crippen molar-refractivity contribution in [3.05, 3.63) is 17.8 Å². The standard InChI is InChI=1S/C10H14N4O/c1-15-4-2-3-13-10-8(6-11)5-9(12)7-14-10/h5,7H,2-4,12H2,1H3,(H,13,14). The Morgan fingerprint density at radius 1 is 1.67 bits per heavy atom. The number of hydrogen-bond donors (Lipinski definition) is 2. The van der Waals surface area contributed by atoms with Crippen molar-refractivity contribution in [2.24, 2.45) is 0 Å². The molecular formula is C10H14N4O. The lowest BCUT2D eigenvalue weighted by molar-refractivity contribution is 0.198. The maximum absolute atomic E-state index is 8.84. The molecular weight excluding hydrogens is 192 g/mol. The van der Waals surface area contributed by atoms with Crippen LogP contribution in [0.2, 0.25) is 0 Å². The van der Waals surface area contributed by atoms with E-state index in [1.165, 1.54) is 6.20 Å². The predicted octanol–water partition coefficient (Wildman–Crippen LogP) is 0.984. The molecule has 0 atom stereocenters. The summed E-state index contributed by atoms with van der Waals surface area (Å²) in [6, 6.07) is 3.64. The Morgan fingerprint density at radius 2 is 2.47 bits per heavy atom. The van der Waals surface area contributed by atoms with Crippen molar-refractivity contribution < 1.29 is 4.74 Å². The van der Waals surface area contributed by atoms with Crippen molar-refractivity contribution >= 4 is 11.5 Å². The van der Waals surface area contributed by atoms with Crippen LogP contribution in [0.4, 0.5) is 11.5 Å². The number of nitrogens with one attached hydrogen (secondary N) is 1. The number of pyridine rings is 1. The normalized spacial score (nSPS) is 9.60. The molecule has 5 nitrogen and oxygen atoms in total. The number of nitrogens with two attached hydrogens (primary N) is 1. The molecule has 1 aromatic heterocycles. The summed E-state index contributed by atoms with van der Waals surface area (Å²) in [4.78, 5) is 4.05. The molecule has 0 bridgehead atoms. The topological polar surface area (TPSA) is 84.0 Å². The fourth-order valence-corrected chi connectivity index (χ4v) is 1.13. The molecule has 0 fully saturated rings. The van der Waals surface area contributed by atoms with Gasteiger partial charge in [-0.2, -0.15) is 5.26 Å². The van der Waals surface area contributed by atoms with E-state index in [0.717, 1.165) is 13.0 Å². The summed E-state index contributed by atoms with van der Waals surface area (Å²) < 4.78 is 4.91. The van der Waals surface area contributed by atoms with Gasteiger partial charge in [-0.3, -0.25) is 0 Å². The Balaban J connectivity index is 2.57. The third kappa shape index (κ3) is 3.44. The van der Waals surface area contributed by atoms with Crippen molar-refractivity contribution in [2.75, 3.05) is 31.3 Å². The summed E-state index contributed by atoms with van der Waals surface area (Å²) in [7, 11) is 1.65. The lowest BCUT2D eigenvalue weighted by Gasteiger charge is -2.06. The molecule has 0 radical (unpaired) electrons. The fourth-order valence-electron chi connectivity index (χ4n) is 1.13. The van der Waals surface area contributed by atoms with Crippen LogP contribution in [0.1, 0.15) is 12.0 Å². The van der Waals surface area contributed by atoms with Gasteiger partial charge in [0.05, 0.1) is 17.4 Å². The third-order valence-electron chi connectivity index (χ3n) is 1.85. The second-order valence-corrected chi connectivity index (χ2v) is 3.05. The number of rotatable bonds is 5. The van der Waals surface area contributed by atoms with Crippen LogP contribution in [0, 0.1) is 11.3 Å². The van der Waals surface area contributed by atoms with Crippen molar-refractivity contribution in [1.82, 2.24) is 4.98 Å². The zero-order valence-corrected chi connectivity index (χ0v) is 8.66. The molecule has 3 N–H and O–H groups in total. The quantitative estimate of drug-likeness (QED) is 0.702. The number of methoxy groups -OCH3 is 1. The van der Waals surface area contributed by atoms with Gasteiger partial charge in [-0.15, -0.1) is 0 Å². The zero-order chi connectivity index (χ0) is 11.1. The minimum atomic E-state index is 0.465. The van der Waals surface area contributed by atoms with E-state index >= 15 is 0 Å². The third-order valence-corrected chi connectivity index (χ3v) is 1.85. The Labute approximate surface area is 88.9 Å². The number of nitrogens with zero attached hydrogens (tertiary/aromatic N) is 2. The van der Waals surface area contributed by atoms with Crippen LogP contribution in [0.15, 0.2) is 12.3 Å². The molecule has 0 aliphatic carbocycles. The number of ether oxygens (including phenoxy) is 1. The molecule has 0 saturated heterocycles. The first-order valence-electron chi connectivity index (χ1n) is 4.66. The van der Waals surface area contributed by atoms with Gasteiger partial charge in [0.2, 0.25) is 0 Å². The maximum Gasteiger partial charge on any atom is 0.144 e. The molecule has 0 saturated carbocycles. The van der Waals surface area contributed by atoms with Crippen LogP contribution < -0.4 is 11.1 Å². The number of nitrogen functional groups attached to an aromatic ring is 1. The largest absolute Gasteiger partial charge is 0.397 e. The molecule has 5 heteroatoms. The Kier molecular flexibility index (Phi) is 4.38. The molecule has 1 aromatic rings. The predicted molar refractivity (Wildman–Crippen MR) is 58.3 cm³/mol. The van der Waals surface area contributed by atoms with Crippen molar-refractivity contribution in [2.45, 2.75) is 6.42 Å². The van der Waals surface area contributed by atoms with Gasteiger partial charge in [-0.1, -0.05) is 0 Å².